The number of non-ortho nitro benzene ring substituents is 1. The smallest absolute Gasteiger partial charge is 0.270 e. The largest absolute Gasteiger partial charge is 0.338 e. The van der Waals surface area contributed by atoms with E-state index in [2.05, 4.69) is 15.3 Å². The van der Waals surface area contributed by atoms with Crippen LogP contribution in [0.4, 0.5) is 17.2 Å². The standard InChI is InChI=1S/C20H13ClN4O2/c21-16-9-2-4-11-18(16)23-20-15-8-1-3-10-17(15)22-19(24-20)13-6-5-7-14(12-13)25(26)27/h1-12H,(H,22,23,24). The first-order chi connectivity index (χ1) is 13.1. The highest BCUT2D eigenvalue weighted by molar-refractivity contribution is 6.33. The van der Waals surface area contributed by atoms with Gasteiger partial charge in [0.1, 0.15) is 5.82 Å². The number of para-hydroxylation sites is 2. The maximum absolute atomic E-state index is 11.1. The van der Waals surface area contributed by atoms with Gasteiger partial charge in [-0.1, -0.05) is 48.0 Å². The van der Waals surface area contributed by atoms with Crippen LogP contribution < -0.4 is 5.32 Å². The molecular weight excluding hydrogens is 364 g/mol. The second-order valence-electron chi connectivity index (χ2n) is 5.83. The molecule has 0 fully saturated rings. The predicted octanol–water partition coefficient (Wildman–Crippen LogP) is 5.60. The van der Waals surface area contributed by atoms with Crippen LogP contribution in [0.3, 0.4) is 0 Å². The van der Waals surface area contributed by atoms with Gasteiger partial charge >= 0.3 is 0 Å². The minimum Gasteiger partial charge on any atom is -0.338 e. The summed E-state index contributed by atoms with van der Waals surface area (Å²) in [5.41, 5.74) is 2.00. The maximum Gasteiger partial charge on any atom is 0.270 e. The maximum atomic E-state index is 11.1. The van der Waals surface area contributed by atoms with Crippen molar-refractivity contribution in [3.8, 4) is 11.4 Å². The normalized spacial score (nSPS) is 10.7. The molecule has 0 amide bonds. The monoisotopic (exact) mass is 376 g/mol. The van der Waals surface area contributed by atoms with Crippen LogP contribution in [0.5, 0.6) is 0 Å². The number of anilines is 2. The number of benzene rings is 3. The lowest BCUT2D eigenvalue weighted by Gasteiger charge is -2.12. The summed E-state index contributed by atoms with van der Waals surface area (Å²) in [5, 5.41) is 15.7. The summed E-state index contributed by atoms with van der Waals surface area (Å²) in [6.45, 7) is 0. The van der Waals surface area contributed by atoms with E-state index in [-0.39, 0.29) is 5.69 Å². The van der Waals surface area contributed by atoms with E-state index in [4.69, 9.17) is 11.6 Å². The molecule has 4 aromatic rings. The number of hydrogen-bond acceptors (Lipinski definition) is 5. The molecule has 0 aliphatic carbocycles. The van der Waals surface area contributed by atoms with Crippen LogP contribution in [-0.2, 0) is 0 Å². The van der Waals surface area contributed by atoms with Gasteiger partial charge in [0, 0.05) is 23.1 Å². The topological polar surface area (TPSA) is 81.0 Å². The van der Waals surface area contributed by atoms with E-state index in [9.17, 15) is 10.1 Å². The van der Waals surface area contributed by atoms with Gasteiger partial charge in [-0.25, -0.2) is 9.97 Å². The Morgan fingerprint density at radius 3 is 2.52 bits per heavy atom. The van der Waals surface area contributed by atoms with E-state index in [0.29, 0.717) is 27.9 Å². The van der Waals surface area contributed by atoms with Crippen molar-refractivity contribution >= 4 is 39.7 Å². The van der Waals surface area contributed by atoms with Crippen molar-refractivity contribution < 1.29 is 4.92 Å². The second-order valence-corrected chi connectivity index (χ2v) is 6.23. The number of aromatic nitrogens is 2. The molecule has 1 aromatic heterocycles. The van der Waals surface area contributed by atoms with Crippen molar-refractivity contribution in [1.29, 1.82) is 0 Å². The number of nitrogens with zero attached hydrogens (tertiary/aromatic N) is 3. The third kappa shape index (κ3) is 3.43. The van der Waals surface area contributed by atoms with Crippen LogP contribution in [-0.4, -0.2) is 14.9 Å². The van der Waals surface area contributed by atoms with Crippen LogP contribution in [0.25, 0.3) is 22.3 Å². The number of nitro benzene ring substituents is 1. The summed E-state index contributed by atoms with van der Waals surface area (Å²) in [7, 11) is 0. The molecule has 0 bridgehead atoms. The Morgan fingerprint density at radius 1 is 0.926 bits per heavy atom. The Hall–Kier alpha value is -3.51. The summed E-state index contributed by atoms with van der Waals surface area (Å²) in [6.07, 6.45) is 0. The Kier molecular flexibility index (Phi) is 4.40. The molecule has 0 saturated heterocycles. The number of nitrogens with one attached hydrogen (secondary N) is 1. The molecule has 1 heterocycles. The number of fused-ring (bicyclic) bond motifs is 1. The zero-order valence-corrected chi connectivity index (χ0v) is 14.7. The molecule has 1 N–H and O–H groups in total. The molecule has 3 aromatic carbocycles. The van der Waals surface area contributed by atoms with E-state index < -0.39 is 4.92 Å². The molecule has 7 heteroatoms. The molecular formula is C20H13ClN4O2. The summed E-state index contributed by atoms with van der Waals surface area (Å²) in [6, 6.07) is 21.2. The first kappa shape index (κ1) is 16.9. The molecule has 0 atom stereocenters. The molecule has 0 saturated carbocycles. The van der Waals surface area contributed by atoms with Crippen molar-refractivity contribution in [2.45, 2.75) is 0 Å². The van der Waals surface area contributed by atoms with Gasteiger partial charge in [-0.15, -0.1) is 0 Å². The van der Waals surface area contributed by atoms with Crippen molar-refractivity contribution in [3.05, 3.63) is 87.9 Å². The second kappa shape index (κ2) is 7.01. The Morgan fingerprint density at radius 2 is 1.70 bits per heavy atom. The van der Waals surface area contributed by atoms with Crippen LogP contribution in [0.1, 0.15) is 0 Å². The van der Waals surface area contributed by atoms with Crippen molar-refractivity contribution in [2.24, 2.45) is 0 Å². The minimum absolute atomic E-state index is 0.00938. The molecule has 0 unspecified atom stereocenters. The summed E-state index contributed by atoms with van der Waals surface area (Å²) < 4.78 is 0. The first-order valence-electron chi connectivity index (χ1n) is 8.15. The van der Waals surface area contributed by atoms with Crippen LogP contribution >= 0.6 is 11.6 Å². The highest BCUT2D eigenvalue weighted by Crippen LogP contribution is 2.30. The van der Waals surface area contributed by atoms with Crippen LogP contribution in [0.2, 0.25) is 5.02 Å². The molecule has 0 radical (unpaired) electrons. The number of rotatable bonds is 4. The quantitative estimate of drug-likeness (QED) is 0.370. The third-order valence-corrected chi connectivity index (χ3v) is 4.37. The molecule has 0 aliphatic rings. The summed E-state index contributed by atoms with van der Waals surface area (Å²) in [5.74, 6) is 0.974. The third-order valence-electron chi connectivity index (χ3n) is 4.05. The zero-order chi connectivity index (χ0) is 18.8. The van der Waals surface area contributed by atoms with Crippen LogP contribution in [0, 0.1) is 10.1 Å². The van der Waals surface area contributed by atoms with Gasteiger partial charge in [0.15, 0.2) is 5.82 Å². The molecule has 0 spiro atoms. The van der Waals surface area contributed by atoms with Gasteiger partial charge in [-0.3, -0.25) is 10.1 Å². The number of halogens is 1. The zero-order valence-electron chi connectivity index (χ0n) is 14.0. The van der Waals surface area contributed by atoms with Gasteiger partial charge < -0.3 is 5.32 Å². The fraction of sp³-hybridized carbons (Fsp3) is 0. The average Bonchev–Trinajstić information content (AvgIpc) is 2.69. The van der Waals surface area contributed by atoms with E-state index in [0.717, 1.165) is 10.9 Å². The molecule has 132 valence electrons. The van der Waals surface area contributed by atoms with E-state index in [1.807, 2.05) is 42.5 Å². The molecule has 4 rings (SSSR count). The van der Waals surface area contributed by atoms with Crippen molar-refractivity contribution in [1.82, 2.24) is 9.97 Å². The average molecular weight is 377 g/mol. The fourth-order valence-corrected chi connectivity index (χ4v) is 2.93. The van der Waals surface area contributed by atoms with Gasteiger partial charge in [0.2, 0.25) is 0 Å². The highest BCUT2D eigenvalue weighted by Gasteiger charge is 2.13. The first-order valence-corrected chi connectivity index (χ1v) is 8.53. The van der Waals surface area contributed by atoms with E-state index in [1.165, 1.54) is 12.1 Å². The summed E-state index contributed by atoms with van der Waals surface area (Å²) in [4.78, 5) is 19.8. The minimum atomic E-state index is -0.437. The lowest BCUT2D eigenvalue weighted by molar-refractivity contribution is -0.384. The van der Waals surface area contributed by atoms with Crippen molar-refractivity contribution in [2.75, 3.05) is 5.32 Å². The summed E-state index contributed by atoms with van der Waals surface area (Å²) >= 11 is 6.26. The lowest BCUT2D eigenvalue weighted by Crippen LogP contribution is -2.00. The molecule has 27 heavy (non-hydrogen) atoms. The van der Waals surface area contributed by atoms with E-state index >= 15 is 0 Å². The van der Waals surface area contributed by atoms with Gasteiger partial charge in [0.25, 0.3) is 5.69 Å². The van der Waals surface area contributed by atoms with Gasteiger partial charge in [-0.2, -0.15) is 0 Å². The Bertz CT molecular complexity index is 1160. The van der Waals surface area contributed by atoms with Gasteiger partial charge in [-0.05, 0) is 24.3 Å². The highest BCUT2D eigenvalue weighted by atomic mass is 35.5. The van der Waals surface area contributed by atoms with Crippen molar-refractivity contribution in [3.63, 3.8) is 0 Å². The SMILES string of the molecule is O=[N+]([O-])c1cccc(-c2nc(Nc3ccccc3Cl)c3ccccc3n2)c1. The molecule has 6 nitrogen and oxygen atoms in total. The number of hydrogen-bond donors (Lipinski definition) is 1. The van der Waals surface area contributed by atoms with Crippen LogP contribution in [0.15, 0.2) is 72.8 Å². The van der Waals surface area contributed by atoms with E-state index in [1.54, 1.807) is 18.2 Å². The van der Waals surface area contributed by atoms with Gasteiger partial charge in [0.05, 0.1) is 21.2 Å². The lowest BCUT2D eigenvalue weighted by atomic mass is 10.1. The molecule has 0 aliphatic heterocycles. The fourth-order valence-electron chi connectivity index (χ4n) is 2.75. The Labute approximate surface area is 159 Å². The Balaban J connectivity index is 1.87. The predicted molar refractivity (Wildman–Crippen MR) is 106 cm³/mol. The number of nitro groups is 1.